The van der Waals surface area contributed by atoms with Gasteiger partial charge in [-0.25, -0.2) is 12.8 Å². The van der Waals surface area contributed by atoms with Crippen LogP contribution >= 0.6 is 0 Å². The number of amides is 2. The van der Waals surface area contributed by atoms with E-state index in [9.17, 15) is 22.4 Å². The summed E-state index contributed by atoms with van der Waals surface area (Å²) in [5.74, 6) is -0.540. The lowest BCUT2D eigenvalue weighted by molar-refractivity contribution is 0.0702. The van der Waals surface area contributed by atoms with Gasteiger partial charge in [0.1, 0.15) is 28.6 Å². The third kappa shape index (κ3) is 5.73. The van der Waals surface area contributed by atoms with Gasteiger partial charge in [0.15, 0.2) is 0 Å². The summed E-state index contributed by atoms with van der Waals surface area (Å²) in [7, 11) is -0.608. The van der Waals surface area contributed by atoms with Crippen molar-refractivity contribution < 1.29 is 31.6 Å². The van der Waals surface area contributed by atoms with Gasteiger partial charge in [0.05, 0.1) is 29.6 Å². The number of H-pyrrole nitrogens is 1. The normalized spacial score (nSPS) is 15.4. The number of halogens is 1. The Labute approximate surface area is 259 Å². The van der Waals surface area contributed by atoms with Crippen molar-refractivity contribution in [2.45, 2.75) is 25.7 Å². The zero-order valence-electron chi connectivity index (χ0n) is 25.1. The molecule has 6 rings (SSSR count). The highest BCUT2D eigenvalue weighted by atomic mass is 32.2. The van der Waals surface area contributed by atoms with E-state index in [1.54, 1.807) is 37.1 Å². The fourth-order valence-corrected chi connectivity index (χ4v) is 6.64. The van der Waals surface area contributed by atoms with E-state index in [4.69, 9.17) is 9.15 Å². The van der Waals surface area contributed by atoms with E-state index < -0.39 is 21.7 Å². The summed E-state index contributed by atoms with van der Waals surface area (Å²) in [5, 5.41) is 3.99. The molecule has 10 nitrogen and oxygen atoms in total. The second-order valence-corrected chi connectivity index (χ2v) is 13.0. The molecule has 1 fully saturated rings. The molecule has 0 bridgehead atoms. The Morgan fingerprint density at radius 3 is 2.62 bits per heavy atom. The number of aromatic nitrogens is 1. The summed E-state index contributed by atoms with van der Waals surface area (Å²) >= 11 is 0. The Kier molecular flexibility index (Phi) is 8.00. The lowest BCUT2D eigenvalue weighted by atomic mass is 9.88. The van der Waals surface area contributed by atoms with Gasteiger partial charge in [-0.05, 0) is 67.8 Å². The summed E-state index contributed by atoms with van der Waals surface area (Å²) in [6.07, 6.45) is 1.38. The van der Waals surface area contributed by atoms with Crippen molar-refractivity contribution in [3.05, 3.63) is 83.3 Å². The summed E-state index contributed by atoms with van der Waals surface area (Å²) < 4.78 is 53.6. The highest BCUT2D eigenvalue weighted by molar-refractivity contribution is 7.92. The number of sulfonamides is 1. The zero-order valence-corrected chi connectivity index (χ0v) is 25.9. The molecule has 1 atom stereocenters. The third-order valence-corrected chi connectivity index (χ3v) is 9.57. The molecule has 1 aliphatic heterocycles. The number of carbonyl (C=O) groups excluding carboxylic acids is 2. The predicted octanol–water partition coefficient (Wildman–Crippen LogP) is 5.87. The van der Waals surface area contributed by atoms with Gasteiger partial charge in [0.25, 0.3) is 11.8 Å². The van der Waals surface area contributed by atoms with Crippen LogP contribution in [0.15, 0.2) is 65.1 Å². The lowest BCUT2D eigenvalue weighted by Gasteiger charge is -2.33. The van der Waals surface area contributed by atoms with Crippen LogP contribution in [0.4, 0.5) is 10.1 Å². The number of nitrogens with one attached hydrogen (secondary N) is 3. The number of hydrogen-bond acceptors (Lipinski definition) is 6. The number of hydrogen-bond donors (Lipinski definition) is 3. The molecule has 3 heterocycles. The molecule has 12 heteroatoms. The molecule has 0 saturated carbocycles. The van der Waals surface area contributed by atoms with Crippen molar-refractivity contribution in [2.24, 2.45) is 0 Å². The monoisotopic (exact) mass is 632 g/mol. The van der Waals surface area contributed by atoms with Gasteiger partial charge >= 0.3 is 0 Å². The molecular formula is C33H33FN4O6S. The molecule has 0 spiro atoms. The molecule has 2 aromatic heterocycles. The van der Waals surface area contributed by atoms with E-state index in [0.717, 1.165) is 10.9 Å². The summed E-state index contributed by atoms with van der Waals surface area (Å²) in [6, 6.07) is 16.3. The molecule has 0 aliphatic carbocycles. The first kappa shape index (κ1) is 30.2. The van der Waals surface area contributed by atoms with Crippen LogP contribution in [0.3, 0.4) is 0 Å². The molecule has 234 valence electrons. The molecule has 5 aromatic rings. The van der Waals surface area contributed by atoms with Crippen molar-refractivity contribution in [3.8, 4) is 17.1 Å². The Morgan fingerprint density at radius 2 is 1.91 bits per heavy atom. The van der Waals surface area contributed by atoms with Gasteiger partial charge in [-0.1, -0.05) is 12.1 Å². The maximum Gasteiger partial charge on any atom is 0.270 e. The molecule has 3 aromatic carbocycles. The number of piperidine rings is 1. The fraction of sp³-hybridized carbons (Fsp3) is 0.273. The second kappa shape index (κ2) is 11.9. The molecule has 0 unspecified atom stereocenters. The van der Waals surface area contributed by atoms with Gasteiger partial charge in [-0.2, -0.15) is 0 Å². The van der Waals surface area contributed by atoms with Gasteiger partial charge in [-0.3, -0.25) is 14.3 Å². The highest BCUT2D eigenvalue weighted by Crippen LogP contribution is 2.41. The Morgan fingerprint density at radius 1 is 1.13 bits per heavy atom. The number of para-hydroxylation sites is 1. The number of carbonyl (C=O) groups is 2. The Balaban J connectivity index is 1.43. The van der Waals surface area contributed by atoms with E-state index in [1.165, 1.54) is 31.3 Å². The van der Waals surface area contributed by atoms with E-state index in [2.05, 4.69) is 15.0 Å². The topological polar surface area (TPSA) is 134 Å². The second-order valence-electron chi connectivity index (χ2n) is 11.0. The van der Waals surface area contributed by atoms with Crippen molar-refractivity contribution in [1.29, 1.82) is 0 Å². The van der Waals surface area contributed by atoms with Crippen LogP contribution in [0.1, 0.15) is 52.1 Å². The molecular weight excluding hydrogens is 599 g/mol. The molecule has 45 heavy (non-hydrogen) atoms. The van der Waals surface area contributed by atoms with Gasteiger partial charge in [-0.15, -0.1) is 0 Å². The highest BCUT2D eigenvalue weighted by Gasteiger charge is 2.31. The lowest BCUT2D eigenvalue weighted by Crippen LogP contribution is -2.39. The average Bonchev–Trinajstić information content (AvgIpc) is 3.65. The predicted molar refractivity (Wildman–Crippen MR) is 171 cm³/mol. The summed E-state index contributed by atoms with van der Waals surface area (Å²) in [5.41, 5.74) is 3.17. The first-order chi connectivity index (χ1) is 21.6. The van der Waals surface area contributed by atoms with Crippen molar-refractivity contribution in [3.63, 3.8) is 0 Å². The molecule has 2 amide bonds. The van der Waals surface area contributed by atoms with Crippen LogP contribution in [0.2, 0.25) is 0 Å². The maximum atomic E-state index is 13.7. The summed E-state index contributed by atoms with van der Waals surface area (Å²) in [4.78, 5) is 31.9. The number of benzene rings is 3. The van der Waals surface area contributed by atoms with Crippen molar-refractivity contribution >= 4 is 49.4 Å². The van der Waals surface area contributed by atoms with E-state index in [-0.39, 0.29) is 28.9 Å². The van der Waals surface area contributed by atoms with Gasteiger partial charge in [0, 0.05) is 48.5 Å². The number of likely N-dealkylation sites (tertiary alicyclic amines) is 1. The first-order valence-corrected chi connectivity index (χ1v) is 16.3. The van der Waals surface area contributed by atoms with E-state index in [0.29, 0.717) is 65.2 Å². The third-order valence-electron chi connectivity index (χ3n) is 8.28. The number of anilines is 1. The van der Waals surface area contributed by atoms with E-state index in [1.807, 2.05) is 18.2 Å². The van der Waals surface area contributed by atoms with Crippen molar-refractivity contribution in [2.75, 3.05) is 37.7 Å². The maximum absolute atomic E-state index is 13.7. The number of fused-ring (bicyclic) bond motifs is 2. The summed E-state index contributed by atoms with van der Waals surface area (Å²) in [6.45, 7) is 2.40. The van der Waals surface area contributed by atoms with Crippen LogP contribution in [0.5, 0.6) is 5.75 Å². The molecule has 3 N–H and O–H groups in total. The SMILES string of the molecule is CCS(=O)(=O)Nc1cc2oc(-c3ccc(F)cc3)c(C(=O)NC)c2cc1[C@H]1CCCN(C(=O)c2cc3cccc(OC)c3[nH]2)C1. The largest absolute Gasteiger partial charge is 0.495 e. The van der Waals surface area contributed by atoms with Crippen LogP contribution < -0.4 is 14.8 Å². The van der Waals surface area contributed by atoms with Crippen LogP contribution in [-0.4, -0.2) is 63.1 Å². The Bertz CT molecular complexity index is 2030. The van der Waals surface area contributed by atoms with Crippen LogP contribution in [-0.2, 0) is 10.0 Å². The number of methoxy groups -OCH3 is 1. The number of nitrogens with zero attached hydrogens (tertiary/aromatic N) is 1. The van der Waals surface area contributed by atoms with E-state index >= 15 is 0 Å². The minimum Gasteiger partial charge on any atom is -0.495 e. The van der Waals surface area contributed by atoms with Crippen LogP contribution in [0.25, 0.3) is 33.2 Å². The van der Waals surface area contributed by atoms with Gasteiger partial charge < -0.3 is 24.4 Å². The number of rotatable bonds is 8. The minimum atomic E-state index is -3.69. The standard InChI is InChI=1S/C33H33FN4O6S/c1-4-45(41,42)37-25-17-28-24(29(32(39)35-2)31(44-28)19-10-12-22(34)13-11-19)16-23(25)21-8-6-14-38(18-21)33(40)26-15-20-7-5-9-27(43-3)30(20)36-26/h5,7,9-13,15-17,21,36-37H,4,6,8,14,18H2,1-3H3,(H,35,39)/t21-/m0/s1. The zero-order chi connectivity index (χ0) is 31.9. The Hall–Kier alpha value is -4.84. The number of ether oxygens (including phenoxy) is 1. The minimum absolute atomic E-state index is 0.147. The quantitative estimate of drug-likeness (QED) is 0.196. The van der Waals surface area contributed by atoms with Crippen LogP contribution in [0, 0.1) is 5.82 Å². The molecule has 1 aliphatic rings. The number of furan rings is 1. The number of aromatic amines is 1. The fourth-order valence-electron chi connectivity index (χ4n) is 5.98. The smallest absolute Gasteiger partial charge is 0.270 e. The average molecular weight is 633 g/mol. The van der Waals surface area contributed by atoms with Crippen molar-refractivity contribution in [1.82, 2.24) is 15.2 Å². The first-order valence-electron chi connectivity index (χ1n) is 14.7. The molecule has 1 saturated heterocycles. The van der Waals surface area contributed by atoms with Gasteiger partial charge in [0.2, 0.25) is 10.0 Å². The molecule has 0 radical (unpaired) electrons.